The standard InChI is InChI=1S/C49H56O7/c50-49(23-13-14-24-51-36-48-28-41-25-42(29-48)27-43(26-41)30-48)47(55-34-40-21-11-4-12-22-40)46(54-33-39-19-9-3-10-20-39)45(53-32-38-17-7-2-8-18-38)44(56-49)35-52-31-37-15-5-1-6-16-37/h1-12,15-22,41-47,50H,14,24-36H2/t41?,42?,43?,44-,45-,46+,47-,48?,49?/m1/s1. The van der Waals surface area contributed by atoms with Crippen LogP contribution in [-0.2, 0) is 54.8 Å². The maximum Gasteiger partial charge on any atom is 0.261 e. The molecule has 4 aliphatic carbocycles. The molecule has 294 valence electrons. The van der Waals surface area contributed by atoms with Crippen LogP contribution in [0.5, 0.6) is 0 Å². The molecular weight excluding hydrogens is 701 g/mol. The van der Waals surface area contributed by atoms with Crippen LogP contribution in [0.25, 0.3) is 0 Å². The second kappa shape index (κ2) is 18.6. The Morgan fingerprint density at radius 2 is 1.04 bits per heavy atom. The average molecular weight is 757 g/mol. The highest BCUT2D eigenvalue weighted by atomic mass is 16.7. The molecule has 5 aliphatic rings. The van der Waals surface area contributed by atoms with E-state index in [0.717, 1.165) is 46.6 Å². The largest absolute Gasteiger partial charge is 0.380 e. The lowest BCUT2D eigenvalue weighted by atomic mass is 9.50. The highest BCUT2D eigenvalue weighted by molar-refractivity contribution is 5.21. The molecule has 1 saturated heterocycles. The van der Waals surface area contributed by atoms with E-state index in [2.05, 4.69) is 11.8 Å². The van der Waals surface area contributed by atoms with E-state index in [1.165, 1.54) is 38.5 Å². The Morgan fingerprint density at radius 3 is 1.55 bits per heavy atom. The van der Waals surface area contributed by atoms with E-state index >= 15 is 0 Å². The van der Waals surface area contributed by atoms with E-state index in [1.54, 1.807) is 0 Å². The van der Waals surface area contributed by atoms with Crippen LogP contribution in [0, 0.1) is 35.0 Å². The van der Waals surface area contributed by atoms with Crippen molar-refractivity contribution in [3.63, 3.8) is 0 Å². The van der Waals surface area contributed by atoms with Gasteiger partial charge in [0.15, 0.2) is 6.10 Å². The molecule has 0 spiro atoms. The summed E-state index contributed by atoms with van der Waals surface area (Å²) in [5.41, 5.74) is 4.33. The molecule has 4 bridgehead atoms. The van der Waals surface area contributed by atoms with Gasteiger partial charge < -0.3 is 33.5 Å². The van der Waals surface area contributed by atoms with Crippen LogP contribution < -0.4 is 0 Å². The van der Waals surface area contributed by atoms with Crippen LogP contribution in [0.1, 0.15) is 67.2 Å². The zero-order chi connectivity index (χ0) is 38.0. The Bertz CT molecular complexity index is 1810. The Balaban J connectivity index is 1.04. The molecule has 5 atom stereocenters. The van der Waals surface area contributed by atoms with Gasteiger partial charge in [0.25, 0.3) is 5.79 Å². The van der Waals surface area contributed by atoms with Crippen molar-refractivity contribution in [3.8, 4) is 11.8 Å². The fraction of sp³-hybridized carbons (Fsp3) is 0.469. The monoisotopic (exact) mass is 756 g/mol. The molecule has 5 fully saturated rings. The van der Waals surface area contributed by atoms with E-state index in [-0.39, 0.29) is 19.8 Å². The van der Waals surface area contributed by atoms with Gasteiger partial charge in [-0.05, 0) is 89.9 Å². The fourth-order valence-electron chi connectivity index (χ4n) is 10.0. The van der Waals surface area contributed by atoms with E-state index in [4.69, 9.17) is 28.4 Å². The van der Waals surface area contributed by atoms with E-state index in [0.29, 0.717) is 31.7 Å². The van der Waals surface area contributed by atoms with Crippen LogP contribution in [0.4, 0.5) is 0 Å². The summed E-state index contributed by atoms with van der Waals surface area (Å²) in [4.78, 5) is 0. The number of benzene rings is 4. The van der Waals surface area contributed by atoms with Crippen molar-refractivity contribution >= 4 is 0 Å². The first-order valence-electron chi connectivity index (χ1n) is 20.6. The molecule has 4 aromatic rings. The first kappa shape index (κ1) is 39.0. The molecule has 7 nitrogen and oxygen atoms in total. The summed E-state index contributed by atoms with van der Waals surface area (Å²) in [5, 5.41) is 12.6. The maximum absolute atomic E-state index is 12.6. The zero-order valence-corrected chi connectivity index (χ0v) is 32.4. The Morgan fingerprint density at radius 1 is 0.571 bits per heavy atom. The molecule has 7 heteroatoms. The second-order valence-electron chi connectivity index (χ2n) is 16.6. The van der Waals surface area contributed by atoms with Crippen molar-refractivity contribution in [3.05, 3.63) is 144 Å². The predicted molar refractivity (Wildman–Crippen MR) is 215 cm³/mol. The number of hydrogen-bond acceptors (Lipinski definition) is 7. The van der Waals surface area contributed by atoms with Crippen molar-refractivity contribution in [1.29, 1.82) is 0 Å². The lowest BCUT2D eigenvalue weighted by Gasteiger charge is -2.56. The second-order valence-corrected chi connectivity index (χ2v) is 16.6. The third-order valence-corrected chi connectivity index (χ3v) is 12.2. The third kappa shape index (κ3) is 9.99. The van der Waals surface area contributed by atoms with Crippen molar-refractivity contribution in [2.24, 2.45) is 23.2 Å². The minimum atomic E-state index is -2.02. The SMILES string of the molecule is OC1(C#CCCOCC23CC4CC(CC(C4)C2)C3)O[C@H](COCc2ccccc2)[C@@H](OCc2ccccc2)[C@H](OCc2ccccc2)[C@H]1OCc1ccccc1. The first-order chi connectivity index (χ1) is 27.5. The molecular formula is C49H56O7. The molecule has 1 unspecified atom stereocenters. The van der Waals surface area contributed by atoms with Crippen LogP contribution in [0.15, 0.2) is 121 Å². The number of ether oxygens (including phenoxy) is 6. The zero-order valence-electron chi connectivity index (χ0n) is 32.4. The van der Waals surface area contributed by atoms with Gasteiger partial charge in [-0.1, -0.05) is 127 Å². The molecule has 1 heterocycles. The van der Waals surface area contributed by atoms with Crippen LogP contribution in [0.3, 0.4) is 0 Å². The molecule has 0 aromatic heterocycles. The molecule has 1 aliphatic heterocycles. The maximum atomic E-state index is 12.6. The van der Waals surface area contributed by atoms with Gasteiger partial charge in [-0.25, -0.2) is 0 Å². The summed E-state index contributed by atoms with van der Waals surface area (Å²) in [6.45, 7) is 2.63. The van der Waals surface area contributed by atoms with Gasteiger partial charge in [0, 0.05) is 6.42 Å². The quantitative estimate of drug-likeness (QED) is 0.0854. The molecule has 1 N–H and O–H groups in total. The summed E-state index contributed by atoms with van der Waals surface area (Å²) in [6, 6.07) is 40.0. The van der Waals surface area contributed by atoms with Crippen molar-refractivity contribution in [2.45, 2.75) is 102 Å². The van der Waals surface area contributed by atoms with Gasteiger partial charge >= 0.3 is 0 Å². The van der Waals surface area contributed by atoms with Gasteiger partial charge in [0.1, 0.15) is 18.3 Å². The lowest BCUT2D eigenvalue weighted by Crippen LogP contribution is -2.66. The smallest absolute Gasteiger partial charge is 0.261 e. The minimum absolute atomic E-state index is 0.142. The van der Waals surface area contributed by atoms with E-state index in [9.17, 15) is 5.11 Å². The highest BCUT2D eigenvalue weighted by Crippen LogP contribution is 2.60. The number of aliphatic hydroxyl groups is 1. The topological polar surface area (TPSA) is 75.6 Å². The van der Waals surface area contributed by atoms with Crippen LogP contribution >= 0.6 is 0 Å². The lowest BCUT2D eigenvalue weighted by molar-refractivity contribution is -0.347. The Labute approximate surface area is 332 Å². The summed E-state index contributed by atoms with van der Waals surface area (Å²) in [5.74, 6) is 7.00. The molecule has 0 radical (unpaired) electrons. The van der Waals surface area contributed by atoms with Gasteiger partial charge in [-0.2, -0.15) is 0 Å². The van der Waals surface area contributed by atoms with Crippen LogP contribution in [-0.4, -0.2) is 55.1 Å². The molecule has 9 rings (SSSR count). The van der Waals surface area contributed by atoms with Crippen molar-refractivity contribution in [1.82, 2.24) is 0 Å². The molecule has 4 saturated carbocycles. The Hall–Kier alpha value is -3.84. The first-order valence-corrected chi connectivity index (χ1v) is 20.6. The average Bonchev–Trinajstić information content (AvgIpc) is 3.21. The number of hydrogen-bond donors (Lipinski definition) is 1. The van der Waals surface area contributed by atoms with Gasteiger partial charge in [-0.3, -0.25) is 0 Å². The summed E-state index contributed by atoms with van der Waals surface area (Å²) in [6.07, 6.45) is 5.47. The minimum Gasteiger partial charge on any atom is -0.380 e. The predicted octanol–water partition coefficient (Wildman–Crippen LogP) is 8.67. The Kier molecular flexibility index (Phi) is 13.0. The summed E-state index contributed by atoms with van der Waals surface area (Å²) >= 11 is 0. The third-order valence-electron chi connectivity index (χ3n) is 12.2. The van der Waals surface area contributed by atoms with E-state index < -0.39 is 30.2 Å². The summed E-state index contributed by atoms with van der Waals surface area (Å²) < 4.78 is 39.5. The van der Waals surface area contributed by atoms with Gasteiger partial charge in [-0.15, -0.1) is 0 Å². The van der Waals surface area contributed by atoms with E-state index in [1.807, 2.05) is 121 Å². The summed E-state index contributed by atoms with van der Waals surface area (Å²) in [7, 11) is 0. The normalized spacial score (nSPS) is 30.5. The highest BCUT2D eigenvalue weighted by Gasteiger charge is 2.56. The van der Waals surface area contributed by atoms with Crippen molar-refractivity contribution < 1.29 is 33.5 Å². The number of rotatable bonds is 17. The fourth-order valence-corrected chi connectivity index (χ4v) is 10.0. The molecule has 4 aromatic carbocycles. The van der Waals surface area contributed by atoms with Crippen molar-refractivity contribution in [2.75, 3.05) is 19.8 Å². The molecule has 0 amide bonds. The van der Waals surface area contributed by atoms with Crippen LogP contribution in [0.2, 0.25) is 0 Å². The van der Waals surface area contributed by atoms with Gasteiger partial charge in [0.05, 0.1) is 46.2 Å². The molecule has 56 heavy (non-hydrogen) atoms. The van der Waals surface area contributed by atoms with Gasteiger partial charge in [0.2, 0.25) is 0 Å².